The first-order chi connectivity index (χ1) is 20.8. The Labute approximate surface area is 255 Å². The van der Waals surface area contributed by atoms with Crippen molar-refractivity contribution in [2.45, 2.75) is 64.6 Å². The Kier molecular flexibility index (Phi) is 10.2. The van der Waals surface area contributed by atoms with Crippen LogP contribution in [0.1, 0.15) is 61.9 Å². The van der Waals surface area contributed by atoms with Gasteiger partial charge in [-0.2, -0.15) is 0 Å². The average Bonchev–Trinajstić information content (AvgIpc) is 3.03. The Morgan fingerprint density at radius 2 is 1.72 bits per heavy atom. The molecule has 5 rings (SSSR count). The molecule has 1 heterocycles. The van der Waals surface area contributed by atoms with E-state index < -0.39 is 0 Å². The molecule has 0 aromatic heterocycles. The number of rotatable bonds is 9. The summed E-state index contributed by atoms with van der Waals surface area (Å²) in [5.74, 6) is 0.378. The summed E-state index contributed by atoms with van der Waals surface area (Å²) in [5, 5.41) is 13.0. The Balaban J connectivity index is 1.32. The normalized spacial score (nSPS) is 20.1. The number of ether oxygens (including phenoxy) is 1. The van der Waals surface area contributed by atoms with Crippen molar-refractivity contribution in [1.82, 2.24) is 9.80 Å². The first-order valence-corrected chi connectivity index (χ1v) is 15.7. The molecule has 228 valence electrons. The zero-order chi connectivity index (χ0) is 30.3. The van der Waals surface area contributed by atoms with Crippen LogP contribution >= 0.6 is 0 Å². The van der Waals surface area contributed by atoms with E-state index in [2.05, 4.69) is 72.7 Å². The third kappa shape index (κ3) is 7.64. The van der Waals surface area contributed by atoms with Gasteiger partial charge in [-0.25, -0.2) is 0 Å². The zero-order valence-corrected chi connectivity index (χ0v) is 25.7. The van der Waals surface area contributed by atoms with Gasteiger partial charge in [0, 0.05) is 37.2 Å². The van der Waals surface area contributed by atoms with Gasteiger partial charge in [-0.15, -0.1) is 0 Å². The summed E-state index contributed by atoms with van der Waals surface area (Å²) in [6.07, 6.45) is 4.97. The number of nitrogens with one attached hydrogen (secondary N) is 1. The van der Waals surface area contributed by atoms with Crippen molar-refractivity contribution >= 4 is 17.5 Å². The molecule has 7 heteroatoms. The summed E-state index contributed by atoms with van der Waals surface area (Å²) in [7, 11) is 2.09. The molecule has 1 saturated carbocycles. The minimum atomic E-state index is -0.345. The monoisotopic (exact) mass is 583 g/mol. The highest BCUT2D eigenvalue weighted by Gasteiger charge is 2.34. The summed E-state index contributed by atoms with van der Waals surface area (Å²) in [6, 6.07) is 24.0. The predicted octanol–water partition coefficient (Wildman–Crippen LogP) is 6.22. The van der Waals surface area contributed by atoms with E-state index in [0.717, 1.165) is 32.2 Å². The fraction of sp³-hybridized carbons (Fsp3) is 0.444. The molecule has 2 amide bonds. The number of hydrogen-bond donors (Lipinski definition) is 2. The van der Waals surface area contributed by atoms with Crippen LogP contribution in [0.2, 0.25) is 0 Å². The smallest absolute Gasteiger partial charge is 0.258 e. The molecule has 7 nitrogen and oxygen atoms in total. The second-order valence-corrected chi connectivity index (χ2v) is 12.4. The second-order valence-electron chi connectivity index (χ2n) is 12.4. The minimum Gasteiger partial charge on any atom is -0.488 e. The van der Waals surface area contributed by atoms with E-state index in [1.54, 1.807) is 17.0 Å². The van der Waals surface area contributed by atoms with Gasteiger partial charge in [0.15, 0.2) is 0 Å². The number of likely N-dealkylation sites (N-methyl/N-ethyl adjacent to an activating group) is 1. The van der Waals surface area contributed by atoms with Crippen molar-refractivity contribution < 1.29 is 19.4 Å². The maximum atomic E-state index is 13.8. The highest BCUT2D eigenvalue weighted by Crippen LogP contribution is 2.32. The van der Waals surface area contributed by atoms with Crippen LogP contribution in [-0.4, -0.2) is 65.6 Å². The number of carbonyl (C=O) groups excluding carboxylic acids is 2. The molecule has 0 radical (unpaired) electrons. The lowest BCUT2D eigenvalue weighted by Gasteiger charge is -2.38. The fourth-order valence-corrected chi connectivity index (χ4v) is 6.24. The fourth-order valence-electron chi connectivity index (χ4n) is 6.24. The quantitative estimate of drug-likeness (QED) is 0.312. The van der Waals surface area contributed by atoms with Crippen molar-refractivity contribution in [2.24, 2.45) is 11.8 Å². The van der Waals surface area contributed by atoms with Crippen LogP contribution in [0.5, 0.6) is 5.75 Å². The molecule has 1 fully saturated rings. The summed E-state index contributed by atoms with van der Waals surface area (Å²) in [4.78, 5) is 30.7. The predicted molar refractivity (Wildman–Crippen MR) is 171 cm³/mol. The standard InChI is InChI=1S/C36H45N3O4/c1-25-21-39(26(2)24-40)36(42)32-20-31(37-35(41)30-12-8-5-9-13-30)18-19-33(32)43-34(25)23-38(3)22-27-14-16-29(17-15-27)28-10-6-4-7-11-28/h4,6-7,10-11,14-20,25-26,30,34,40H,5,8-9,12-13,21-24H2,1-3H3,(H,37,41)/t25-,26+,34-/m1/s1. The highest BCUT2D eigenvalue weighted by molar-refractivity contribution is 6.00. The number of amides is 2. The van der Waals surface area contributed by atoms with E-state index in [0.29, 0.717) is 30.1 Å². The number of benzene rings is 3. The molecule has 0 saturated heterocycles. The number of anilines is 1. The zero-order valence-electron chi connectivity index (χ0n) is 25.7. The number of carbonyl (C=O) groups is 2. The third-order valence-electron chi connectivity index (χ3n) is 8.91. The molecular weight excluding hydrogens is 538 g/mol. The SMILES string of the molecule is C[C@@H]1CN([C@@H](C)CO)C(=O)c2cc(NC(=O)C3CCCCC3)ccc2O[C@@H]1CN(C)Cc1ccc(-c2ccccc2)cc1. The Morgan fingerprint density at radius 1 is 1.02 bits per heavy atom. The number of fused-ring (bicyclic) bond motifs is 1. The number of aliphatic hydroxyl groups is 1. The summed E-state index contributed by atoms with van der Waals surface area (Å²) >= 11 is 0. The van der Waals surface area contributed by atoms with Crippen LogP contribution in [0.15, 0.2) is 72.8 Å². The molecule has 43 heavy (non-hydrogen) atoms. The van der Waals surface area contributed by atoms with E-state index in [4.69, 9.17) is 4.74 Å². The largest absolute Gasteiger partial charge is 0.488 e. The van der Waals surface area contributed by atoms with Gasteiger partial charge in [0.1, 0.15) is 11.9 Å². The maximum Gasteiger partial charge on any atom is 0.258 e. The first-order valence-electron chi connectivity index (χ1n) is 15.7. The Morgan fingerprint density at radius 3 is 2.42 bits per heavy atom. The Hall–Kier alpha value is -3.68. The van der Waals surface area contributed by atoms with Gasteiger partial charge >= 0.3 is 0 Å². The summed E-state index contributed by atoms with van der Waals surface area (Å²) in [5.41, 5.74) is 4.62. The average molecular weight is 584 g/mol. The van der Waals surface area contributed by atoms with E-state index >= 15 is 0 Å². The lowest BCUT2D eigenvalue weighted by atomic mass is 9.88. The van der Waals surface area contributed by atoms with Crippen LogP contribution in [-0.2, 0) is 11.3 Å². The molecule has 2 aliphatic rings. The van der Waals surface area contributed by atoms with E-state index in [-0.39, 0.29) is 42.4 Å². The molecule has 1 aliphatic carbocycles. The summed E-state index contributed by atoms with van der Waals surface area (Å²) < 4.78 is 6.58. The maximum absolute atomic E-state index is 13.8. The summed E-state index contributed by atoms with van der Waals surface area (Å²) in [6.45, 7) is 5.72. The first kappa shape index (κ1) is 30.8. The topological polar surface area (TPSA) is 82.1 Å². The van der Waals surface area contributed by atoms with Gasteiger partial charge < -0.3 is 20.1 Å². The van der Waals surface area contributed by atoms with Crippen LogP contribution in [0.3, 0.4) is 0 Å². The second kappa shape index (κ2) is 14.2. The number of aliphatic hydroxyl groups excluding tert-OH is 1. The van der Waals surface area contributed by atoms with Gasteiger partial charge in [-0.05, 0) is 61.7 Å². The van der Waals surface area contributed by atoms with Crippen molar-refractivity contribution in [3.63, 3.8) is 0 Å². The van der Waals surface area contributed by atoms with E-state index in [1.807, 2.05) is 19.1 Å². The number of nitrogens with zero attached hydrogens (tertiary/aromatic N) is 2. The van der Waals surface area contributed by atoms with Gasteiger partial charge in [-0.3, -0.25) is 14.5 Å². The van der Waals surface area contributed by atoms with Crippen molar-refractivity contribution in [2.75, 3.05) is 32.1 Å². The Bertz CT molecular complexity index is 1370. The van der Waals surface area contributed by atoms with Crippen LogP contribution in [0.25, 0.3) is 11.1 Å². The van der Waals surface area contributed by atoms with Crippen LogP contribution < -0.4 is 10.1 Å². The highest BCUT2D eigenvalue weighted by atomic mass is 16.5. The molecule has 0 unspecified atom stereocenters. The lowest BCUT2D eigenvalue weighted by Crippen LogP contribution is -2.49. The molecule has 0 bridgehead atoms. The van der Waals surface area contributed by atoms with Crippen molar-refractivity contribution in [1.29, 1.82) is 0 Å². The third-order valence-corrected chi connectivity index (χ3v) is 8.91. The lowest BCUT2D eigenvalue weighted by molar-refractivity contribution is -0.120. The minimum absolute atomic E-state index is 0.0175. The molecule has 2 N–H and O–H groups in total. The van der Waals surface area contributed by atoms with Crippen LogP contribution in [0.4, 0.5) is 5.69 Å². The molecular formula is C36H45N3O4. The molecule has 3 aromatic rings. The molecule has 0 spiro atoms. The van der Waals surface area contributed by atoms with Gasteiger partial charge in [-0.1, -0.05) is 80.8 Å². The van der Waals surface area contributed by atoms with Crippen molar-refractivity contribution in [3.05, 3.63) is 83.9 Å². The van der Waals surface area contributed by atoms with Crippen LogP contribution in [0, 0.1) is 11.8 Å². The molecule has 3 aromatic carbocycles. The molecule has 3 atom stereocenters. The van der Waals surface area contributed by atoms with Gasteiger partial charge in [0.2, 0.25) is 5.91 Å². The molecule has 1 aliphatic heterocycles. The van der Waals surface area contributed by atoms with Gasteiger partial charge in [0.05, 0.1) is 18.2 Å². The van der Waals surface area contributed by atoms with E-state index in [1.165, 1.54) is 23.1 Å². The van der Waals surface area contributed by atoms with Gasteiger partial charge in [0.25, 0.3) is 5.91 Å². The number of hydrogen-bond acceptors (Lipinski definition) is 5. The van der Waals surface area contributed by atoms with E-state index in [9.17, 15) is 14.7 Å². The van der Waals surface area contributed by atoms with Crippen molar-refractivity contribution in [3.8, 4) is 16.9 Å².